The predicted octanol–water partition coefficient (Wildman–Crippen LogP) is 7.21. The number of amides is 2. The van der Waals surface area contributed by atoms with E-state index in [-0.39, 0.29) is 29.5 Å². The van der Waals surface area contributed by atoms with Crippen LogP contribution in [-0.4, -0.2) is 57.1 Å². The molecule has 0 saturated carbocycles. The number of nitrogens with one attached hydrogen (secondary N) is 1. The lowest BCUT2D eigenvalue weighted by molar-refractivity contribution is -0.140. The molecule has 0 radical (unpaired) electrons. The van der Waals surface area contributed by atoms with Gasteiger partial charge in [0.15, 0.2) is 0 Å². The third-order valence-corrected chi connectivity index (χ3v) is 10.5. The monoisotopic (exact) mass is 707 g/mol. The molecule has 0 bridgehead atoms. The van der Waals surface area contributed by atoms with Gasteiger partial charge in [-0.3, -0.25) is 13.9 Å². The van der Waals surface area contributed by atoms with Crippen molar-refractivity contribution in [3.63, 3.8) is 0 Å². The van der Waals surface area contributed by atoms with Gasteiger partial charge in [0.1, 0.15) is 18.3 Å². The van der Waals surface area contributed by atoms with E-state index in [2.05, 4.69) is 5.32 Å². The molecule has 48 heavy (non-hydrogen) atoms. The minimum atomic E-state index is -4.28. The maximum absolute atomic E-state index is 14.7. The Balaban J connectivity index is 1.83. The number of halogens is 1. The fourth-order valence-electron chi connectivity index (χ4n) is 5.22. The molecule has 0 aliphatic carbocycles. The van der Waals surface area contributed by atoms with E-state index in [9.17, 15) is 18.0 Å². The van der Waals surface area contributed by atoms with Crippen molar-refractivity contribution in [3.8, 4) is 5.75 Å². The van der Waals surface area contributed by atoms with Crippen LogP contribution in [0, 0.1) is 0 Å². The van der Waals surface area contributed by atoms with Crippen LogP contribution in [0.1, 0.15) is 37.8 Å². The average molecular weight is 708 g/mol. The topological polar surface area (TPSA) is 96.0 Å². The van der Waals surface area contributed by atoms with Gasteiger partial charge in [-0.25, -0.2) is 8.42 Å². The molecule has 0 heterocycles. The van der Waals surface area contributed by atoms with Crippen LogP contribution in [-0.2, 0) is 32.6 Å². The van der Waals surface area contributed by atoms with E-state index in [1.54, 1.807) is 61.5 Å². The Morgan fingerprint density at radius 2 is 1.58 bits per heavy atom. The van der Waals surface area contributed by atoms with Crippen molar-refractivity contribution < 1.29 is 22.7 Å². The quantitative estimate of drug-likeness (QED) is 0.0921. The first-order chi connectivity index (χ1) is 23.2. The van der Waals surface area contributed by atoms with E-state index in [4.69, 9.17) is 16.3 Å². The second kappa shape index (κ2) is 18.0. The Hall–Kier alpha value is -3.99. The highest BCUT2D eigenvalue weighted by Gasteiger charge is 2.35. The summed E-state index contributed by atoms with van der Waals surface area (Å²) in [5, 5.41) is 3.48. The fraction of sp³-hybridized carbons (Fsp3) is 0.297. The third kappa shape index (κ3) is 9.78. The van der Waals surface area contributed by atoms with Crippen LogP contribution < -0.4 is 14.4 Å². The number of benzene rings is 4. The zero-order valence-corrected chi connectivity index (χ0v) is 29.9. The van der Waals surface area contributed by atoms with E-state index < -0.39 is 28.5 Å². The number of anilines is 1. The first-order valence-electron chi connectivity index (χ1n) is 15.9. The number of sulfonamides is 1. The summed E-state index contributed by atoms with van der Waals surface area (Å²) in [6.07, 6.45) is 3.80. The van der Waals surface area contributed by atoms with Gasteiger partial charge < -0.3 is 15.0 Å². The number of unbranched alkanes of at least 4 members (excludes halogenated alkanes) is 1. The summed E-state index contributed by atoms with van der Waals surface area (Å²) in [4.78, 5) is 31.0. The number of carbonyl (C=O) groups is 2. The Morgan fingerprint density at radius 3 is 2.25 bits per heavy atom. The highest BCUT2D eigenvalue weighted by atomic mass is 35.5. The van der Waals surface area contributed by atoms with Gasteiger partial charge in [-0.05, 0) is 79.3 Å². The maximum Gasteiger partial charge on any atom is 0.264 e. The summed E-state index contributed by atoms with van der Waals surface area (Å²) >= 11 is 7.83. The van der Waals surface area contributed by atoms with E-state index in [1.807, 2.05) is 49.6 Å². The Bertz CT molecular complexity index is 1750. The summed E-state index contributed by atoms with van der Waals surface area (Å²) in [6.45, 7) is 4.03. The molecular weight excluding hydrogens is 666 g/mol. The summed E-state index contributed by atoms with van der Waals surface area (Å²) in [7, 11) is -4.28. The lowest BCUT2D eigenvalue weighted by Gasteiger charge is -2.34. The van der Waals surface area contributed by atoms with Crippen molar-refractivity contribution in [1.82, 2.24) is 10.2 Å². The molecule has 0 aliphatic rings. The molecule has 0 unspecified atom stereocenters. The number of hydrogen-bond donors (Lipinski definition) is 1. The van der Waals surface area contributed by atoms with Crippen molar-refractivity contribution in [2.24, 2.45) is 0 Å². The minimum absolute atomic E-state index is 0.0268. The molecule has 4 aromatic carbocycles. The molecule has 1 atom stereocenters. The van der Waals surface area contributed by atoms with Gasteiger partial charge in [0.05, 0.1) is 17.2 Å². The smallest absolute Gasteiger partial charge is 0.264 e. The first-order valence-corrected chi connectivity index (χ1v) is 19.0. The van der Waals surface area contributed by atoms with Gasteiger partial charge in [-0.1, -0.05) is 79.5 Å². The number of para-hydroxylation sites is 2. The largest absolute Gasteiger partial charge is 0.492 e. The molecule has 0 spiro atoms. The Labute approximate surface area is 293 Å². The number of carbonyl (C=O) groups excluding carboxylic acids is 2. The van der Waals surface area contributed by atoms with Crippen molar-refractivity contribution in [3.05, 3.63) is 119 Å². The minimum Gasteiger partial charge on any atom is -0.492 e. The number of hydrogen-bond acceptors (Lipinski definition) is 6. The van der Waals surface area contributed by atoms with E-state index in [0.29, 0.717) is 29.5 Å². The highest BCUT2D eigenvalue weighted by Crippen LogP contribution is 2.33. The molecule has 0 aromatic heterocycles. The van der Waals surface area contributed by atoms with Crippen LogP contribution in [0.5, 0.6) is 5.75 Å². The molecule has 0 saturated heterocycles. The molecular formula is C37H42ClN3O5S2. The predicted molar refractivity (Wildman–Crippen MR) is 194 cm³/mol. The summed E-state index contributed by atoms with van der Waals surface area (Å²) in [5.41, 5.74) is 1.78. The summed E-state index contributed by atoms with van der Waals surface area (Å²) in [5.74, 6) is -0.562. The van der Waals surface area contributed by atoms with Gasteiger partial charge in [0.2, 0.25) is 11.8 Å². The van der Waals surface area contributed by atoms with Gasteiger partial charge in [-0.2, -0.15) is 0 Å². The van der Waals surface area contributed by atoms with Crippen LogP contribution >= 0.6 is 23.4 Å². The number of rotatable bonds is 17. The van der Waals surface area contributed by atoms with Crippen LogP contribution in [0.25, 0.3) is 0 Å². The van der Waals surface area contributed by atoms with E-state index in [0.717, 1.165) is 27.6 Å². The van der Waals surface area contributed by atoms with Gasteiger partial charge in [0, 0.05) is 29.4 Å². The van der Waals surface area contributed by atoms with Crippen molar-refractivity contribution >= 4 is 50.9 Å². The summed E-state index contributed by atoms with van der Waals surface area (Å²) < 4.78 is 35.8. The molecule has 4 aromatic rings. The average Bonchev–Trinajstić information content (AvgIpc) is 3.09. The molecule has 254 valence electrons. The highest BCUT2D eigenvalue weighted by molar-refractivity contribution is 7.98. The van der Waals surface area contributed by atoms with Crippen LogP contribution in [0.4, 0.5) is 5.69 Å². The van der Waals surface area contributed by atoms with Gasteiger partial charge in [-0.15, -0.1) is 11.8 Å². The van der Waals surface area contributed by atoms with Crippen molar-refractivity contribution in [2.45, 2.75) is 55.5 Å². The molecule has 8 nitrogen and oxygen atoms in total. The number of ether oxygens (including phenoxy) is 1. The lowest BCUT2D eigenvalue weighted by Crippen LogP contribution is -2.53. The zero-order chi connectivity index (χ0) is 34.5. The third-order valence-electron chi connectivity index (χ3n) is 7.70. The van der Waals surface area contributed by atoms with Crippen LogP contribution in [0.15, 0.2) is 113 Å². The SMILES string of the molecule is CCCCNC(=O)[C@@H](Cc1ccccc1)N(Cc1cccc(Cl)c1)C(=O)CN(c1ccccc1OCC)S(=O)(=O)c1ccc(SC)cc1. The molecule has 2 amide bonds. The summed E-state index contributed by atoms with van der Waals surface area (Å²) in [6, 6.07) is 28.9. The second-order valence-corrected chi connectivity index (χ2v) is 14.3. The standard InChI is InChI=1S/C37H42ClN3O5S2/c1-4-6-23-39-37(43)34(25-28-13-8-7-9-14-28)40(26-29-15-12-16-30(38)24-29)36(42)27-41(33-17-10-11-18-35(33)46-5-2)48(44,45)32-21-19-31(47-3)20-22-32/h7-22,24,34H,4-6,23,25-27H2,1-3H3,(H,39,43)/t34-/m1/s1. The second-order valence-electron chi connectivity index (χ2n) is 11.1. The van der Waals surface area contributed by atoms with E-state index in [1.165, 1.54) is 28.8 Å². The first kappa shape index (κ1) is 36.8. The molecule has 0 fully saturated rings. The normalized spacial score (nSPS) is 11.8. The number of thioether (sulfide) groups is 1. The number of nitrogens with zero attached hydrogens (tertiary/aromatic N) is 2. The zero-order valence-electron chi connectivity index (χ0n) is 27.5. The molecule has 0 aliphatic heterocycles. The van der Waals surface area contributed by atoms with Gasteiger partial charge >= 0.3 is 0 Å². The molecule has 4 rings (SSSR count). The van der Waals surface area contributed by atoms with Gasteiger partial charge in [0.25, 0.3) is 10.0 Å². The molecule has 1 N–H and O–H groups in total. The Morgan fingerprint density at radius 1 is 0.896 bits per heavy atom. The van der Waals surface area contributed by atoms with E-state index >= 15 is 0 Å². The maximum atomic E-state index is 14.7. The lowest BCUT2D eigenvalue weighted by atomic mass is 10.0. The van der Waals surface area contributed by atoms with Crippen LogP contribution in [0.3, 0.4) is 0 Å². The Kier molecular flexibility index (Phi) is 13.8. The van der Waals surface area contributed by atoms with Crippen LogP contribution in [0.2, 0.25) is 5.02 Å². The fourth-order valence-corrected chi connectivity index (χ4v) is 7.27. The van der Waals surface area contributed by atoms with Crippen molar-refractivity contribution in [2.75, 3.05) is 30.3 Å². The molecule has 11 heteroatoms. The van der Waals surface area contributed by atoms with Crippen molar-refractivity contribution in [1.29, 1.82) is 0 Å².